The summed E-state index contributed by atoms with van der Waals surface area (Å²) in [6, 6.07) is 13.9. The molecule has 3 aromatic rings. The maximum atomic E-state index is 12.0. The molecule has 254 valence electrons. The van der Waals surface area contributed by atoms with Crippen LogP contribution in [0.1, 0.15) is 64.6 Å². The molecule has 6 N–H and O–H groups in total. The minimum absolute atomic E-state index is 0.0203. The number of hydrogen-bond donors (Lipinski definition) is 6. The zero-order valence-electron chi connectivity index (χ0n) is 26.9. The van der Waals surface area contributed by atoms with Gasteiger partial charge in [0.05, 0.1) is 0 Å². The Kier molecular flexibility index (Phi) is 12.0. The van der Waals surface area contributed by atoms with Crippen LogP contribution in [0.15, 0.2) is 48.5 Å². The van der Waals surface area contributed by atoms with Crippen molar-refractivity contribution < 1.29 is 54.3 Å². The number of aliphatic carboxylic acids is 4. The van der Waals surface area contributed by atoms with Gasteiger partial charge in [-0.05, 0) is 0 Å². The molecule has 0 bridgehead atoms. The summed E-state index contributed by atoms with van der Waals surface area (Å²) in [5.41, 5.74) is 4.77. The quantitative estimate of drug-likeness (QED) is 0.0874. The molecule has 0 heterocycles. The molecular formula is C35H43O11P. The molecule has 0 saturated heterocycles. The van der Waals surface area contributed by atoms with Crippen LogP contribution in [0.3, 0.4) is 0 Å². The van der Waals surface area contributed by atoms with E-state index in [1.54, 1.807) is 36.4 Å². The third-order valence-electron chi connectivity index (χ3n) is 8.53. The van der Waals surface area contributed by atoms with E-state index in [0.29, 0.717) is 22.3 Å². The monoisotopic (exact) mass is 670 g/mol. The molecule has 0 aromatic heterocycles. The van der Waals surface area contributed by atoms with Gasteiger partial charge in [-0.25, -0.2) is 0 Å². The molecule has 0 spiro atoms. The van der Waals surface area contributed by atoms with E-state index < -0.39 is 56.4 Å². The molecule has 0 saturated carbocycles. The van der Waals surface area contributed by atoms with Gasteiger partial charge < -0.3 is 0 Å². The van der Waals surface area contributed by atoms with Gasteiger partial charge in [-0.2, -0.15) is 0 Å². The predicted octanol–water partition coefficient (Wildman–Crippen LogP) is 5.95. The Hall–Kier alpha value is -4.63. The first-order chi connectivity index (χ1) is 22.0. The van der Waals surface area contributed by atoms with E-state index in [4.69, 9.17) is 4.52 Å². The van der Waals surface area contributed by atoms with Gasteiger partial charge in [-0.3, -0.25) is 0 Å². The summed E-state index contributed by atoms with van der Waals surface area (Å²) >= 11 is 0. The van der Waals surface area contributed by atoms with E-state index in [9.17, 15) is 49.8 Å². The standard InChI is InChI=1S/C35H43O11P/c1-22-4-6-29(36)25(16-22)20-27-18-24(3)19-28(21-26-17-23(2)5-7-30(26)37)35(27)46-47(12-8-31(38)39,13-9-32(40)41,14-10-33(42)43)15-11-34(44)45/h4-7,16-19,36-37H,8-15,20-21H2,1-3H3,(H,38,39)(H,40,41)(H,42,43)(H,44,45). The predicted molar refractivity (Wildman–Crippen MR) is 179 cm³/mol. The van der Waals surface area contributed by atoms with Gasteiger partial charge in [0.15, 0.2) is 0 Å². The van der Waals surface area contributed by atoms with E-state index in [1.807, 2.05) is 32.9 Å². The Labute approximate surface area is 273 Å². The number of benzene rings is 3. The topological polar surface area (TPSA) is 199 Å². The first-order valence-corrected chi connectivity index (χ1v) is 18.2. The fraction of sp³-hybridized carbons (Fsp3) is 0.371. The SMILES string of the molecule is Cc1ccc(O)c(Cc2cc(C)cc(Cc3cc(C)ccc3O)c2OP(CCC(=O)O)(CCC(=O)O)(CCC(=O)O)CCC(=O)O)c1. The fourth-order valence-corrected chi connectivity index (χ4v) is 11.5. The van der Waals surface area contributed by atoms with Crippen LogP contribution >= 0.6 is 6.83 Å². The maximum absolute atomic E-state index is 12.0. The number of aryl methyl sites for hydroxylation is 3. The number of carboxylic acid groups (broad SMARTS) is 4. The molecule has 0 aliphatic heterocycles. The summed E-state index contributed by atoms with van der Waals surface area (Å²) in [7, 11) is 0. The van der Waals surface area contributed by atoms with Crippen LogP contribution in [-0.4, -0.2) is 79.2 Å². The summed E-state index contributed by atoms with van der Waals surface area (Å²) in [5, 5.41) is 60.7. The van der Waals surface area contributed by atoms with Crippen molar-refractivity contribution >= 4 is 30.7 Å². The number of aromatic hydroxyl groups is 2. The number of phenols is 2. The summed E-state index contributed by atoms with van der Waals surface area (Å²) in [6.45, 7) is 1.21. The van der Waals surface area contributed by atoms with Crippen LogP contribution in [0, 0.1) is 20.8 Å². The van der Waals surface area contributed by atoms with Crippen molar-refractivity contribution in [2.24, 2.45) is 0 Å². The Bertz CT molecular complexity index is 1510. The van der Waals surface area contributed by atoms with Crippen LogP contribution < -0.4 is 4.52 Å². The van der Waals surface area contributed by atoms with Crippen molar-refractivity contribution in [2.75, 3.05) is 24.6 Å². The third kappa shape index (κ3) is 10.2. The van der Waals surface area contributed by atoms with Crippen LogP contribution in [0.2, 0.25) is 0 Å². The number of hydrogen-bond acceptors (Lipinski definition) is 7. The van der Waals surface area contributed by atoms with Crippen molar-refractivity contribution in [3.8, 4) is 17.2 Å². The third-order valence-corrected chi connectivity index (χ3v) is 14.7. The molecule has 3 rings (SSSR count). The second kappa shape index (κ2) is 15.3. The van der Waals surface area contributed by atoms with Gasteiger partial charge in [-0.1, -0.05) is 0 Å². The van der Waals surface area contributed by atoms with Gasteiger partial charge in [0.1, 0.15) is 0 Å². The molecule has 0 fully saturated rings. The molecule has 0 aliphatic carbocycles. The average Bonchev–Trinajstić information content (AvgIpc) is 2.98. The molecule has 0 unspecified atom stereocenters. The van der Waals surface area contributed by atoms with Crippen molar-refractivity contribution in [3.63, 3.8) is 0 Å². The van der Waals surface area contributed by atoms with E-state index in [0.717, 1.165) is 16.7 Å². The summed E-state index contributed by atoms with van der Waals surface area (Å²) < 4.78 is 7.11. The van der Waals surface area contributed by atoms with Crippen LogP contribution in [0.25, 0.3) is 0 Å². The zero-order chi connectivity index (χ0) is 35.0. The summed E-state index contributed by atoms with van der Waals surface area (Å²) in [5.74, 6) is -4.60. The molecule has 12 heteroatoms. The summed E-state index contributed by atoms with van der Waals surface area (Å²) in [4.78, 5) is 48.1. The van der Waals surface area contributed by atoms with Crippen LogP contribution in [-0.2, 0) is 32.0 Å². The van der Waals surface area contributed by atoms with E-state index in [1.165, 1.54) is 0 Å². The van der Waals surface area contributed by atoms with Gasteiger partial charge >= 0.3 is 274 Å². The number of rotatable bonds is 18. The molecule has 0 amide bonds. The van der Waals surface area contributed by atoms with Crippen LogP contribution in [0.5, 0.6) is 17.2 Å². The Morgan fingerprint density at radius 2 is 0.851 bits per heavy atom. The normalized spacial score (nSPS) is 12.2. The molecular weight excluding hydrogens is 627 g/mol. The molecule has 0 atom stereocenters. The second-order valence-corrected chi connectivity index (χ2v) is 18.1. The van der Waals surface area contributed by atoms with Gasteiger partial charge in [0, 0.05) is 0 Å². The van der Waals surface area contributed by atoms with Gasteiger partial charge in [0.2, 0.25) is 0 Å². The molecule has 47 heavy (non-hydrogen) atoms. The Morgan fingerprint density at radius 3 is 1.17 bits per heavy atom. The number of carbonyl (C=O) groups is 4. The van der Waals surface area contributed by atoms with E-state index in [2.05, 4.69) is 0 Å². The first-order valence-electron chi connectivity index (χ1n) is 15.3. The number of carboxylic acids is 4. The van der Waals surface area contributed by atoms with Crippen molar-refractivity contribution in [1.29, 1.82) is 0 Å². The molecule has 0 aliphatic rings. The second-order valence-electron chi connectivity index (χ2n) is 12.4. The fourth-order valence-electron chi connectivity index (χ4n) is 6.06. The van der Waals surface area contributed by atoms with Crippen LogP contribution in [0.4, 0.5) is 0 Å². The van der Waals surface area contributed by atoms with Crippen molar-refractivity contribution in [3.05, 3.63) is 87.5 Å². The van der Waals surface area contributed by atoms with Crippen molar-refractivity contribution in [2.45, 2.75) is 59.3 Å². The van der Waals surface area contributed by atoms with E-state index >= 15 is 0 Å². The van der Waals surface area contributed by atoms with E-state index in [-0.39, 0.29) is 54.7 Å². The van der Waals surface area contributed by atoms with Gasteiger partial charge in [-0.15, -0.1) is 0 Å². The minimum atomic E-state index is -4.37. The molecule has 0 radical (unpaired) electrons. The molecule has 11 nitrogen and oxygen atoms in total. The summed E-state index contributed by atoms with van der Waals surface area (Å²) in [6.07, 6.45) is -2.68. The van der Waals surface area contributed by atoms with Gasteiger partial charge in [0.25, 0.3) is 0 Å². The molecule has 3 aromatic carbocycles. The van der Waals surface area contributed by atoms with Crippen molar-refractivity contribution in [1.82, 2.24) is 0 Å². The Morgan fingerprint density at radius 1 is 0.532 bits per heavy atom. The average molecular weight is 671 g/mol. The Balaban J connectivity index is 2.42. The zero-order valence-corrected chi connectivity index (χ0v) is 27.8. The first kappa shape index (κ1) is 36.8. The number of phenolic OH excluding ortho intramolecular Hbond substituents is 2.